The summed E-state index contributed by atoms with van der Waals surface area (Å²) in [5, 5.41) is 2.44. The number of amides is 2. The Morgan fingerprint density at radius 3 is 2.32 bits per heavy atom. The van der Waals surface area contributed by atoms with Crippen molar-refractivity contribution in [2.75, 3.05) is 12.4 Å². The summed E-state index contributed by atoms with van der Waals surface area (Å²) in [6.07, 6.45) is -1.64. The number of anilines is 1. The van der Waals surface area contributed by atoms with Crippen molar-refractivity contribution in [2.24, 2.45) is 5.73 Å². The van der Waals surface area contributed by atoms with Crippen LogP contribution in [0.3, 0.4) is 0 Å². The van der Waals surface area contributed by atoms with E-state index in [0.29, 0.717) is 18.9 Å². The third-order valence-corrected chi connectivity index (χ3v) is 5.85. The third kappa shape index (κ3) is 5.61. The molecule has 13 heteroatoms. The number of nitrogens with zero attached hydrogens (tertiary/aromatic N) is 1. The first-order valence-corrected chi connectivity index (χ1v) is 11.2. The molecule has 0 aliphatic heterocycles. The van der Waals surface area contributed by atoms with E-state index in [4.69, 9.17) is 15.2 Å². The van der Waals surface area contributed by atoms with Gasteiger partial charge in [-0.1, -0.05) is 12.5 Å². The summed E-state index contributed by atoms with van der Waals surface area (Å²) in [6, 6.07) is 6.83. The lowest BCUT2D eigenvalue weighted by Gasteiger charge is -2.27. The molecule has 1 heterocycles. The molecule has 1 aliphatic carbocycles. The molecule has 8 nitrogen and oxygen atoms in total. The number of hydrogen-bond acceptors (Lipinski definition) is 6. The quantitative estimate of drug-likeness (QED) is 0.358. The molecule has 200 valence electrons. The average molecular weight is 537 g/mol. The second-order valence-electron chi connectivity index (χ2n) is 8.28. The van der Waals surface area contributed by atoms with E-state index in [9.17, 15) is 27.2 Å². The van der Waals surface area contributed by atoms with E-state index < -0.39 is 52.6 Å². The van der Waals surface area contributed by atoms with Gasteiger partial charge < -0.3 is 25.3 Å². The minimum atomic E-state index is -5.17. The molecule has 0 radical (unpaired) electrons. The van der Waals surface area contributed by atoms with E-state index in [-0.39, 0.29) is 28.6 Å². The number of alkyl halides is 3. The average Bonchev–Trinajstić information content (AvgIpc) is 2.81. The van der Waals surface area contributed by atoms with Crippen molar-refractivity contribution in [2.45, 2.75) is 31.5 Å². The first kappa shape index (κ1) is 26.6. The molecule has 2 amide bonds. The maximum Gasteiger partial charge on any atom is 0.573 e. The van der Waals surface area contributed by atoms with Gasteiger partial charge in [-0.3, -0.25) is 14.6 Å². The van der Waals surface area contributed by atoms with Crippen LogP contribution >= 0.6 is 0 Å². The fourth-order valence-corrected chi connectivity index (χ4v) is 3.86. The Kier molecular flexibility index (Phi) is 7.37. The Labute approximate surface area is 212 Å². The molecule has 0 atom stereocenters. The number of primary amides is 1. The number of benzene rings is 2. The van der Waals surface area contributed by atoms with Crippen LogP contribution in [0.25, 0.3) is 0 Å². The number of rotatable bonds is 8. The Morgan fingerprint density at radius 2 is 1.71 bits per heavy atom. The Balaban J connectivity index is 1.74. The minimum absolute atomic E-state index is 0.0791. The maximum atomic E-state index is 15.7. The molecule has 2 aromatic carbocycles. The van der Waals surface area contributed by atoms with Gasteiger partial charge in [0.25, 0.3) is 11.8 Å². The van der Waals surface area contributed by atoms with Crippen molar-refractivity contribution in [3.05, 3.63) is 71.1 Å². The normalized spacial score (nSPS) is 13.4. The molecule has 1 aliphatic rings. The van der Waals surface area contributed by atoms with Crippen LogP contribution in [0.1, 0.15) is 51.6 Å². The second kappa shape index (κ2) is 10.5. The highest BCUT2D eigenvalue weighted by Crippen LogP contribution is 2.43. The highest BCUT2D eigenvalue weighted by atomic mass is 19.4. The standard InChI is InChI=1S/C25H20F5N3O5/c1-36-22-18(8-7-17(21(22)27)38-25(28,29)30)37-16-6-5-14(12-3-2-4-12)20(26)19(16)24(35)33-13-9-10-32-15(11-13)23(31)34/h5-12H,2-4H2,1H3,(H2,31,34)(H,32,33,35). The number of ether oxygens (including phenoxy) is 3. The molecule has 1 aromatic heterocycles. The summed E-state index contributed by atoms with van der Waals surface area (Å²) in [6.45, 7) is 0. The molecule has 38 heavy (non-hydrogen) atoms. The van der Waals surface area contributed by atoms with Gasteiger partial charge in [0.05, 0.1) is 7.11 Å². The van der Waals surface area contributed by atoms with Crippen LogP contribution in [0, 0.1) is 11.6 Å². The predicted molar refractivity (Wildman–Crippen MR) is 123 cm³/mol. The van der Waals surface area contributed by atoms with Crippen LogP contribution in [-0.2, 0) is 0 Å². The molecule has 1 fully saturated rings. The number of pyridine rings is 1. The maximum absolute atomic E-state index is 15.7. The summed E-state index contributed by atoms with van der Waals surface area (Å²) >= 11 is 0. The van der Waals surface area contributed by atoms with Crippen LogP contribution in [0.5, 0.6) is 23.0 Å². The van der Waals surface area contributed by atoms with Gasteiger partial charge in [-0.25, -0.2) is 4.39 Å². The molecule has 0 saturated heterocycles. The molecular formula is C25H20F5N3O5. The van der Waals surface area contributed by atoms with Crippen LogP contribution in [0.4, 0.5) is 27.6 Å². The van der Waals surface area contributed by atoms with E-state index in [0.717, 1.165) is 19.6 Å². The lowest BCUT2D eigenvalue weighted by molar-refractivity contribution is -0.275. The number of aromatic nitrogens is 1. The molecule has 0 unspecified atom stereocenters. The van der Waals surface area contributed by atoms with Crippen molar-refractivity contribution in [1.82, 2.24) is 4.98 Å². The summed E-state index contributed by atoms with van der Waals surface area (Å²) in [5.74, 6) is -7.09. The Hall–Kier alpha value is -4.42. The van der Waals surface area contributed by atoms with E-state index in [1.54, 1.807) is 0 Å². The summed E-state index contributed by atoms with van der Waals surface area (Å²) in [7, 11) is 0.982. The number of nitrogens with two attached hydrogens (primary N) is 1. The molecule has 0 bridgehead atoms. The number of carbonyl (C=O) groups excluding carboxylic acids is 2. The fourth-order valence-electron chi connectivity index (χ4n) is 3.86. The zero-order valence-electron chi connectivity index (χ0n) is 19.7. The predicted octanol–water partition coefficient (Wildman–Crippen LogP) is 5.68. The Bertz CT molecular complexity index is 1390. The van der Waals surface area contributed by atoms with Crippen molar-refractivity contribution in [3.63, 3.8) is 0 Å². The summed E-state index contributed by atoms with van der Waals surface area (Å²) in [4.78, 5) is 28.4. The first-order chi connectivity index (χ1) is 18.0. The summed E-state index contributed by atoms with van der Waals surface area (Å²) < 4.78 is 82.3. The highest BCUT2D eigenvalue weighted by Gasteiger charge is 2.34. The van der Waals surface area contributed by atoms with Crippen molar-refractivity contribution >= 4 is 17.5 Å². The minimum Gasteiger partial charge on any atom is -0.490 e. The van der Waals surface area contributed by atoms with Crippen molar-refractivity contribution < 1.29 is 45.8 Å². The van der Waals surface area contributed by atoms with Gasteiger partial charge in [-0.15, -0.1) is 13.2 Å². The molecule has 3 N–H and O–H groups in total. The zero-order chi connectivity index (χ0) is 27.6. The molecule has 3 aromatic rings. The van der Waals surface area contributed by atoms with Gasteiger partial charge in [-0.05, 0) is 54.7 Å². The fraction of sp³-hybridized carbons (Fsp3) is 0.240. The molecule has 0 spiro atoms. The van der Waals surface area contributed by atoms with Crippen LogP contribution in [0.2, 0.25) is 0 Å². The topological polar surface area (TPSA) is 113 Å². The molecular weight excluding hydrogens is 517 g/mol. The van der Waals surface area contributed by atoms with Gasteiger partial charge in [0.1, 0.15) is 22.8 Å². The van der Waals surface area contributed by atoms with E-state index in [1.165, 1.54) is 30.5 Å². The van der Waals surface area contributed by atoms with Crippen molar-refractivity contribution in [1.29, 1.82) is 0 Å². The van der Waals surface area contributed by atoms with Gasteiger partial charge in [0, 0.05) is 11.9 Å². The number of hydrogen-bond donors (Lipinski definition) is 2. The molecule has 1 saturated carbocycles. The van der Waals surface area contributed by atoms with Gasteiger partial charge in [0.15, 0.2) is 11.5 Å². The second-order valence-corrected chi connectivity index (χ2v) is 8.28. The van der Waals surface area contributed by atoms with Gasteiger partial charge in [-0.2, -0.15) is 4.39 Å². The summed E-state index contributed by atoms with van der Waals surface area (Å²) in [5.41, 5.74) is 4.86. The SMILES string of the molecule is COc1c(Oc2ccc(C3CCC3)c(F)c2C(=O)Nc2ccnc(C(N)=O)c2)ccc(OC(F)(F)F)c1F. The first-order valence-electron chi connectivity index (χ1n) is 11.2. The van der Waals surface area contributed by atoms with Crippen LogP contribution in [0.15, 0.2) is 42.6 Å². The number of methoxy groups -OCH3 is 1. The van der Waals surface area contributed by atoms with Crippen LogP contribution < -0.4 is 25.3 Å². The highest BCUT2D eigenvalue weighted by molar-refractivity contribution is 6.07. The van der Waals surface area contributed by atoms with Crippen LogP contribution in [-0.4, -0.2) is 30.3 Å². The monoisotopic (exact) mass is 537 g/mol. The number of carbonyl (C=O) groups is 2. The van der Waals surface area contributed by atoms with Crippen molar-refractivity contribution in [3.8, 4) is 23.0 Å². The van der Waals surface area contributed by atoms with Gasteiger partial charge in [0.2, 0.25) is 11.6 Å². The molecule has 4 rings (SSSR count). The van der Waals surface area contributed by atoms with E-state index in [1.807, 2.05) is 0 Å². The number of nitrogens with one attached hydrogen (secondary N) is 1. The smallest absolute Gasteiger partial charge is 0.490 e. The van der Waals surface area contributed by atoms with E-state index >= 15 is 4.39 Å². The number of halogens is 5. The Morgan fingerprint density at radius 1 is 1.03 bits per heavy atom. The van der Waals surface area contributed by atoms with E-state index in [2.05, 4.69) is 15.0 Å². The van der Waals surface area contributed by atoms with Gasteiger partial charge >= 0.3 is 6.36 Å². The third-order valence-electron chi connectivity index (χ3n) is 5.85. The lowest BCUT2D eigenvalue weighted by atomic mass is 9.79. The lowest BCUT2D eigenvalue weighted by Crippen LogP contribution is -2.20. The largest absolute Gasteiger partial charge is 0.573 e. The zero-order valence-corrected chi connectivity index (χ0v) is 19.7.